The molecule has 1 aliphatic carbocycles. The highest BCUT2D eigenvalue weighted by Gasteiger charge is 2.58. The normalized spacial score (nSPS) is 19.9. The highest BCUT2D eigenvalue weighted by molar-refractivity contribution is 6.06. The first kappa shape index (κ1) is 50.6. The van der Waals surface area contributed by atoms with Crippen LogP contribution < -0.4 is 45.5 Å². The monoisotopic (exact) mass is 1020 g/mol. The van der Waals surface area contributed by atoms with Crippen LogP contribution in [0.1, 0.15) is 84.7 Å². The van der Waals surface area contributed by atoms with Gasteiger partial charge in [-0.2, -0.15) is 0 Å². The molecule has 1 aromatic heterocycles. The van der Waals surface area contributed by atoms with E-state index in [1.807, 2.05) is 38.2 Å². The second kappa shape index (κ2) is 20.7. The molecule has 1 saturated heterocycles. The molecule has 1 saturated carbocycles. The maximum absolute atomic E-state index is 14.4. The third-order valence-corrected chi connectivity index (χ3v) is 14.8. The molecule has 4 aliphatic heterocycles. The van der Waals surface area contributed by atoms with Crippen molar-refractivity contribution >= 4 is 63.4 Å². The van der Waals surface area contributed by atoms with E-state index in [0.717, 1.165) is 39.9 Å². The average molecular weight is 1020 g/mol. The van der Waals surface area contributed by atoms with Gasteiger partial charge in [0, 0.05) is 55.9 Å². The van der Waals surface area contributed by atoms with E-state index < -0.39 is 42.3 Å². The third-order valence-electron chi connectivity index (χ3n) is 14.8. The van der Waals surface area contributed by atoms with Gasteiger partial charge in [-0.15, -0.1) is 0 Å². The summed E-state index contributed by atoms with van der Waals surface area (Å²) in [5.41, 5.74) is 11.8. The van der Waals surface area contributed by atoms with Gasteiger partial charge in [0.25, 0.3) is 11.8 Å². The maximum Gasteiger partial charge on any atom is 0.416 e. The molecule has 20 nitrogen and oxygen atoms in total. The standard InChI is InChI=1S/C55H61N9O11/c1-30(2)48(56)50(66)60-31(3)49(65)61-35-10-7-32(8-11-35)28-75-54(70)64-42-24-47(45(72-5)22-38(42)52(68)63-29-55(13-14-55)25-43(63)53(64)69)74-18-6-17-73-46-23-40-37(21-44(46)71-4)51(67)62-27-34(19-36(62)26-59-40)33-9-12-39-41(20-33)58-16-15-57-39/h7-12,15-16,20-24,27,30-31,36,43,48,53,59,69H,6,13-14,17-19,25-26,28-29,56H2,1-5H3,(H,60,66)(H,61,65)/t31-,36-,43-,48-,53?/m0/s1. The molecule has 75 heavy (non-hydrogen) atoms. The van der Waals surface area contributed by atoms with E-state index in [2.05, 4.69) is 25.9 Å². The maximum atomic E-state index is 14.4. The number of aliphatic hydroxyl groups is 1. The number of carbonyl (C=O) groups is 5. The van der Waals surface area contributed by atoms with Crippen molar-refractivity contribution in [2.24, 2.45) is 17.1 Å². The first-order valence-corrected chi connectivity index (χ1v) is 25.2. The Labute approximate surface area is 433 Å². The van der Waals surface area contributed by atoms with Crippen LogP contribution in [0.15, 0.2) is 85.3 Å². The van der Waals surface area contributed by atoms with Crippen LogP contribution in [0.3, 0.4) is 0 Å². The van der Waals surface area contributed by atoms with Crippen molar-refractivity contribution < 1.29 is 52.8 Å². The zero-order valence-corrected chi connectivity index (χ0v) is 42.5. The number of aromatic nitrogens is 2. The molecule has 0 radical (unpaired) electrons. The van der Waals surface area contributed by atoms with Crippen LogP contribution in [0.2, 0.25) is 0 Å². The van der Waals surface area contributed by atoms with Gasteiger partial charge in [-0.1, -0.05) is 32.0 Å². The molecule has 4 aromatic carbocycles. The first-order valence-electron chi connectivity index (χ1n) is 25.2. The fourth-order valence-corrected chi connectivity index (χ4v) is 10.2. The Bertz CT molecular complexity index is 3090. The summed E-state index contributed by atoms with van der Waals surface area (Å²) in [5.74, 6) is -0.160. The van der Waals surface area contributed by atoms with Crippen LogP contribution in [0.25, 0.3) is 16.6 Å². The van der Waals surface area contributed by atoms with E-state index >= 15 is 0 Å². The predicted octanol–water partition coefficient (Wildman–Crippen LogP) is 6.07. The summed E-state index contributed by atoms with van der Waals surface area (Å²) in [4.78, 5) is 81.3. The molecule has 5 atom stereocenters. The molecule has 5 amide bonds. The Morgan fingerprint density at radius 2 is 1.55 bits per heavy atom. The lowest BCUT2D eigenvalue weighted by molar-refractivity contribution is -0.127. The molecule has 1 spiro atoms. The number of anilines is 3. The molecule has 5 aromatic rings. The molecule has 5 aliphatic rings. The molecule has 10 rings (SSSR count). The number of nitrogens with two attached hydrogens (primary N) is 1. The van der Waals surface area contributed by atoms with Gasteiger partial charge in [0.1, 0.15) is 12.6 Å². The van der Waals surface area contributed by atoms with Crippen molar-refractivity contribution in [3.63, 3.8) is 0 Å². The number of methoxy groups -OCH3 is 2. The SMILES string of the molecule is COc1cc2c(cc1OCCCOc1cc3c(cc1OC)C(=O)N1CC4(CC4)C[C@H]1C(O)N3C(=O)OCc1ccc(NC(=O)[C@H](C)NC(=O)[C@@H](N)C(C)C)cc1)NC[C@@H]1CC(c3ccc4nccnc4c3)=CN1C2=O. The van der Waals surface area contributed by atoms with E-state index in [1.165, 1.54) is 26.4 Å². The number of nitrogens with zero attached hydrogens (tertiary/aromatic N) is 5. The fraction of sp³-hybridized carbons (Fsp3) is 0.400. The van der Waals surface area contributed by atoms with E-state index in [0.29, 0.717) is 66.4 Å². The minimum atomic E-state index is -1.44. The van der Waals surface area contributed by atoms with Gasteiger partial charge < -0.3 is 60.3 Å². The van der Waals surface area contributed by atoms with Crippen LogP contribution in [0.4, 0.5) is 21.9 Å². The number of fused-ring (bicyclic) bond motifs is 5. The van der Waals surface area contributed by atoms with Crippen molar-refractivity contribution in [3.8, 4) is 23.0 Å². The molecule has 392 valence electrons. The van der Waals surface area contributed by atoms with Crippen molar-refractivity contribution in [1.82, 2.24) is 25.1 Å². The highest BCUT2D eigenvalue weighted by atomic mass is 16.6. The lowest BCUT2D eigenvalue weighted by Gasteiger charge is -2.31. The summed E-state index contributed by atoms with van der Waals surface area (Å²) in [6.07, 6.45) is 6.33. The Hall–Kier alpha value is -7.97. The number of carbonyl (C=O) groups excluding carboxylic acids is 5. The molecule has 20 heteroatoms. The minimum Gasteiger partial charge on any atom is -0.493 e. The highest BCUT2D eigenvalue weighted by Crippen LogP contribution is 2.57. The summed E-state index contributed by atoms with van der Waals surface area (Å²) in [6, 6.07) is 16.7. The second-order valence-electron chi connectivity index (χ2n) is 20.2. The Kier molecular flexibility index (Phi) is 14.0. The quantitative estimate of drug-likeness (QED) is 0.0704. The zero-order chi connectivity index (χ0) is 52.7. The van der Waals surface area contributed by atoms with Crippen molar-refractivity contribution in [2.45, 2.75) is 89.9 Å². The summed E-state index contributed by atoms with van der Waals surface area (Å²) in [6.45, 7) is 6.30. The molecule has 0 bridgehead atoms. The van der Waals surface area contributed by atoms with Gasteiger partial charge >= 0.3 is 6.09 Å². The predicted molar refractivity (Wildman–Crippen MR) is 277 cm³/mol. The lowest BCUT2D eigenvalue weighted by Crippen LogP contribution is -2.50. The topological polar surface area (TPSA) is 249 Å². The number of ether oxygens (including phenoxy) is 5. The smallest absolute Gasteiger partial charge is 0.416 e. The number of hydrogen-bond acceptors (Lipinski definition) is 15. The van der Waals surface area contributed by atoms with E-state index in [-0.39, 0.29) is 71.8 Å². The first-order chi connectivity index (χ1) is 36.1. The van der Waals surface area contributed by atoms with Crippen molar-refractivity contribution in [1.29, 1.82) is 0 Å². The average Bonchev–Trinajstić information content (AvgIpc) is 3.92. The summed E-state index contributed by atoms with van der Waals surface area (Å²) in [7, 11) is 2.98. The van der Waals surface area contributed by atoms with Crippen LogP contribution in [-0.4, -0.2) is 126 Å². The van der Waals surface area contributed by atoms with Crippen molar-refractivity contribution in [3.05, 3.63) is 108 Å². The molecule has 6 N–H and O–H groups in total. The Morgan fingerprint density at radius 1 is 0.853 bits per heavy atom. The molecular formula is C55H61N9O11. The van der Waals surface area contributed by atoms with E-state index in [4.69, 9.17) is 29.4 Å². The van der Waals surface area contributed by atoms with Gasteiger partial charge in [-0.05, 0) is 97.0 Å². The number of amides is 5. The number of aliphatic hydroxyl groups excluding tert-OH is 1. The molecular weight excluding hydrogens is 963 g/mol. The third kappa shape index (κ3) is 10.2. The van der Waals surface area contributed by atoms with Gasteiger partial charge in [-0.3, -0.25) is 29.1 Å². The van der Waals surface area contributed by atoms with Gasteiger partial charge in [0.2, 0.25) is 11.8 Å². The van der Waals surface area contributed by atoms with Crippen molar-refractivity contribution in [2.75, 3.05) is 56.1 Å². The van der Waals surface area contributed by atoms with Gasteiger partial charge in [-0.25, -0.2) is 9.69 Å². The molecule has 1 unspecified atom stereocenters. The van der Waals surface area contributed by atoms with Crippen LogP contribution in [0, 0.1) is 11.3 Å². The van der Waals surface area contributed by atoms with Crippen LogP contribution in [-0.2, 0) is 20.9 Å². The van der Waals surface area contributed by atoms with Gasteiger partial charge in [0.15, 0.2) is 29.2 Å². The minimum absolute atomic E-state index is 0.0983. The number of rotatable bonds is 16. The molecule has 2 fully saturated rings. The zero-order valence-electron chi connectivity index (χ0n) is 42.5. The second-order valence-corrected chi connectivity index (χ2v) is 20.2. The van der Waals surface area contributed by atoms with E-state index in [9.17, 15) is 29.1 Å². The number of nitrogens with one attached hydrogen (secondary N) is 3. The largest absolute Gasteiger partial charge is 0.493 e. The summed E-state index contributed by atoms with van der Waals surface area (Å²) < 4.78 is 29.8. The van der Waals surface area contributed by atoms with Crippen LogP contribution in [0.5, 0.6) is 23.0 Å². The lowest BCUT2D eigenvalue weighted by atomic mass is 10.0. The molecule has 5 heterocycles. The fourth-order valence-electron chi connectivity index (χ4n) is 10.2. The van der Waals surface area contributed by atoms with E-state index in [1.54, 1.807) is 65.5 Å². The summed E-state index contributed by atoms with van der Waals surface area (Å²) >= 11 is 0. The number of benzene rings is 4. The Morgan fingerprint density at radius 3 is 2.24 bits per heavy atom. The Balaban J connectivity index is 0.797. The summed E-state index contributed by atoms with van der Waals surface area (Å²) in [5, 5.41) is 20.9. The van der Waals surface area contributed by atoms with Crippen LogP contribution >= 0.6 is 0 Å². The van der Waals surface area contributed by atoms with Gasteiger partial charge in [0.05, 0.1) is 79.1 Å². The number of hydrogen-bond donors (Lipinski definition) is 5.